The van der Waals surface area contributed by atoms with Crippen molar-refractivity contribution in [2.24, 2.45) is 0 Å². The van der Waals surface area contributed by atoms with E-state index in [1.807, 2.05) is 25.1 Å². The smallest absolute Gasteiger partial charge is 0.262 e. The Balaban J connectivity index is 1.87. The normalized spacial score (nSPS) is 11.0. The Kier molecular flexibility index (Phi) is 6.19. The van der Waals surface area contributed by atoms with Crippen molar-refractivity contribution in [3.63, 3.8) is 0 Å². The minimum atomic E-state index is -3.83. The van der Waals surface area contributed by atoms with E-state index < -0.39 is 10.0 Å². The van der Waals surface area contributed by atoms with E-state index in [2.05, 4.69) is 10.0 Å². The van der Waals surface area contributed by atoms with Crippen molar-refractivity contribution < 1.29 is 17.9 Å². The van der Waals surface area contributed by atoms with Crippen molar-refractivity contribution in [2.75, 3.05) is 17.1 Å². The third kappa shape index (κ3) is 4.94. The summed E-state index contributed by atoms with van der Waals surface area (Å²) in [5, 5.41) is 2.77. The molecule has 0 heterocycles. The number of carbonyl (C=O) groups excluding carboxylic acids is 1. The average molecular weight is 410 g/mol. The molecular formula is C22H22N2O4S. The number of benzene rings is 3. The van der Waals surface area contributed by atoms with Gasteiger partial charge in [0.1, 0.15) is 5.75 Å². The SMILES string of the molecule is CCc1ccc(S(=O)(=O)Nc2cc(C(=O)Nc3ccccc3)ccc2OC)cc1. The molecule has 29 heavy (non-hydrogen) atoms. The fourth-order valence-electron chi connectivity index (χ4n) is 2.76. The highest BCUT2D eigenvalue weighted by Crippen LogP contribution is 2.28. The van der Waals surface area contributed by atoms with Crippen LogP contribution in [-0.2, 0) is 16.4 Å². The number of sulfonamides is 1. The molecule has 0 bridgehead atoms. The molecule has 0 saturated heterocycles. The maximum absolute atomic E-state index is 12.8. The molecule has 0 atom stereocenters. The fourth-order valence-corrected chi connectivity index (χ4v) is 3.82. The summed E-state index contributed by atoms with van der Waals surface area (Å²) < 4.78 is 33.3. The zero-order valence-electron chi connectivity index (χ0n) is 16.2. The molecule has 0 spiro atoms. The molecule has 0 saturated carbocycles. The first-order valence-corrected chi connectivity index (χ1v) is 10.6. The summed E-state index contributed by atoms with van der Waals surface area (Å²) in [6.45, 7) is 2.00. The van der Waals surface area contributed by atoms with E-state index in [0.717, 1.165) is 12.0 Å². The summed E-state index contributed by atoms with van der Waals surface area (Å²) in [6, 6.07) is 20.3. The summed E-state index contributed by atoms with van der Waals surface area (Å²) in [4.78, 5) is 12.7. The largest absolute Gasteiger partial charge is 0.495 e. The molecule has 0 aromatic heterocycles. The van der Waals surface area contributed by atoms with Gasteiger partial charge in [0.2, 0.25) is 0 Å². The Morgan fingerprint density at radius 3 is 2.28 bits per heavy atom. The third-order valence-electron chi connectivity index (χ3n) is 4.38. The van der Waals surface area contributed by atoms with Crippen LogP contribution in [-0.4, -0.2) is 21.4 Å². The van der Waals surface area contributed by atoms with Crippen molar-refractivity contribution in [1.29, 1.82) is 0 Å². The van der Waals surface area contributed by atoms with E-state index in [0.29, 0.717) is 17.0 Å². The van der Waals surface area contributed by atoms with Crippen LogP contribution in [0.25, 0.3) is 0 Å². The molecule has 3 rings (SSSR count). The van der Waals surface area contributed by atoms with Gasteiger partial charge >= 0.3 is 0 Å². The van der Waals surface area contributed by atoms with Gasteiger partial charge in [-0.15, -0.1) is 0 Å². The van der Waals surface area contributed by atoms with Gasteiger partial charge in [0.15, 0.2) is 0 Å². The van der Waals surface area contributed by atoms with Gasteiger partial charge in [-0.1, -0.05) is 37.3 Å². The highest BCUT2D eigenvalue weighted by atomic mass is 32.2. The Labute approximate surface area is 170 Å². The molecule has 0 radical (unpaired) electrons. The Morgan fingerprint density at radius 1 is 0.966 bits per heavy atom. The predicted molar refractivity (Wildman–Crippen MR) is 114 cm³/mol. The van der Waals surface area contributed by atoms with Gasteiger partial charge in [-0.25, -0.2) is 8.42 Å². The molecular weight excluding hydrogens is 388 g/mol. The lowest BCUT2D eigenvalue weighted by Gasteiger charge is -2.14. The number of nitrogens with one attached hydrogen (secondary N) is 2. The molecule has 0 fully saturated rings. The predicted octanol–water partition coefficient (Wildman–Crippen LogP) is 4.31. The summed E-state index contributed by atoms with van der Waals surface area (Å²) in [5.74, 6) is -0.0402. The highest BCUT2D eigenvalue weighted by molar-refractivity contribution is 7.92. The fraction of sp³-hybridized carbons (Fsp3) is 0.136. The highest BCUT2D eigenvalue weighted by Gasteiger charge is 2.18. The number of rotatable bonds is 7. The first-order valence-electron chi connectivity index (χ1n) is 9.09. The van der Waals surface area contributed by atoms with Crippen LogP contribution in [0.2, 0.25) is 0 Å². The summed E-state index contributed by atoms with van der Waals surface area (Å²) in [6.07, 6.45) is 0.820. The molecule has 0 aliphatic rings. The zero-order chi connectivity index (χ0) is 20.9. The molecule has 3 aromatic rings. The lowest BCUT2D eigenvalue weighted by Crippen LogP contribution is -2.16. The van der Waals surface area contributed by atoms with Crippen LogP contribution in [0.1, 0.15) is 22.8 Å². The number of aryl methyl sites for hydroxylation is 1. The van der Waals surface area contributed by atoms with Crippen LogP contribution in [0.3, 0.4) is 0 Å². The van der Waals surface area contributed by atoms with Crippen molar-refractivity contribution in [2.45, 2.75) is 18.2 Å². The van der Waals surface area contributed by atoms with Crippen molar-refractivity contribution in [3.8, 4) is 5.75 Å². The Morgan fingerprint density at radius 2 is 1.66 bits per heavy atom. The second-order valence-corrected chi connectivity index (χ2v) is 8.02. The molecule has 7 heteroatoms. The van der Waals surface area contributed by atoms with Gasteiger partial charge in [0, 0.05) is 11.3 Å². The second kappa shape index (κ2) is 8.79. The number of amides is 1. The van der Waals surface area contributed by atoms with Crippen LogP contribution >= 0.6 is 0 Å². The number of ether oxygens (including phenoxy) is 1. The molecule has 3 aromatic carbocycles. The van der Waals surface area contributed by atoms with E-state index in [9.17, 15) is 13.2 Å². The molecule has 0 aliphatic heterocycles. The van der Waals surface area contributed by atoms with E-state index in [1.165, 1.54) is 13.2 Å². The van der Waals surface area contributed by atoms with E-state index in [-0.39, 0.29) is 16.5 Å². The summed E-state index contributed by atoms with van der Waals surface area (Å²) in [7, 11) is -2.40. The maximum Gasteiger partial charge on any atom is 0.262 e. The van der Waals surface area contributed by atoms with Gasteiger partial charge in [-0.2, -0.15) is 0 Å². The average Bonchev–Trinajstić information content (AvgIpc) is 2.74. The van der Waals surface area contributed by atoms with Gasteiger partial charge in [-0.05, 0) is 54.4 Å². The van der Waals surface area contributed by atoms with Crippen molar-refractivity contribution in [1.82, 2.24) is 0 Å². The van der Waals surface area contributed by atoms with E-state index in [4.69, 9.17) is 4.74 Å². The molecule has 150 valence electrons. The Bertz CT molecular complexity index is 1100. The van der Waals surface area contributed by atoms with Crippen LogP contribution in [0, 0.1) is 0 Å². The zero-order valence-corrected chi connectivity index (χ0v) is 17.0. The molecule has 6 nitrogen and oxygen atoms in total. The number of hydrogen-bond acceptors (Lipinski definition) is 4. The second-order valence-electron chi connectivity index (χ2n) is 6.34. The van der Waals surface area contributed by atoms with Crippen LogP contribution in [0.5, 0.6) is 5.75 Å². The molecule has 0 aliphatic carbocycles. The lowest BCUT2D eigenvalue weighted by atomic mass is 10.1. The van der Waals surface area contributed by atoms with Gasteiger partial charge < -0.3 is 10.1 Å². The number of methoxy groups -OCH3 is 1. The number of anilines is 2. The van der Waals surface area contributed by atoms with E-state index >= 15 is 0 Å². The molecule has 0 unspecified atom stereocenters. The Hall–Kier alpha value is -3.32. The van der Waals surface area contributed by atoms with Crippen molar-refractivity contribution in [3.05, 3.63) is 83.9 Å². The monoisotopic (exact) mass is 410 g/mol. The van der Waals surface area contributed by atoms with Crippen LogP contribution in [0.4, 0.5) is 11.4 Å². The topological polar surface area (TPSA) is 84.5 Å². The quantitative estimate of drug-likeness (QED) is 0.608. The first kappa shape index (κ1) is 20.4. The number of hydrogen-bond donors (Lipinski definition) is 2. The van der Waals surface area contributed by atoms with Gasteiger partial charge in [-0.3, -0.25) is 9.52 Å². The minimum absolute atomic E-state index is 0.135. The van der Waals surface area contributed by atoms with E-state index in [1.54, 1.807) is 48.5 Å². The standard InChI is InChI=1S/C22H22N2O4S/c1-3-16-9-12-19(13-10-16)29(26,27)24-20-15-17(11-14-21(20)28-2)22(25)23-18-7-5-4-6-8-18/h4-15,24H,3H2,1-2H3,(H,23,25). The van der Waals surface area contributed by atoms with Crippen molar-refractivity contribution >= 4 is 27.3 Å². The van der Waals surface area contributed by atoms with Crippen LogP contribution in [0.15, 0.2) is 77.7 Å². The molecule has 1 amide bonds. The molecule has 2 N–H and O–H groups in total. The van der Waals surface area contributed by atoms with Crippen LogP contribution < -0.4 is 14.8 Å². The third-order valence-corrected chi connectivity index (χ3v) is 5.76. The summed E-state index contributed by atoms with van der Waals surface area (Å²) in [5.41, 5.74) is 2.18. The number of para-hydroxylation sites is 1. The summed E-state index contributed by atoms with van der Waals surface area (Å²) >= 11 is 0. The van der Waals surface area contributed by atoms with Gasteiger partial charge in [0.25, 0.3) is 15.9 Å². The number of carbonyl (C=O) groups is 1. The minimum Gasteiger partial charge on any atom is -0.495 e. The lowest BCUT2D eigenvalue weighted by molar-refractivity contribution is 0.102. The maximum atomic E-state index is 12.8. The van der Waals surface area contributed by atoms with Gasteiger partial charge in [0.05, 0.1) is 17.7 Å². The first-order chi connectivity index (χ1) is 13.9.